The monoisotopic (exact) mass is 294 g/mol. The van der Waals surface area contributed by atoms with E-state index in [1.54, 1.807) is 4.68 Å². The average molecular weight is 294 g/mol. The van der Waals surface area contributed by atoms with E-state index in [0.29, 0.717) is 19.4 Å². The summed E-state index contributed by atoms with van der Waals surface area (Å²) in [6.07, 6.45) is 5.31. The van der Waals surface area contributed by atoms with Gasteiger partial charge in [0, 0.05) is 12.5 Å². The minimum absolute atomic E-state index is 0.138. The maximum atomic E-state index is 11.7. The summed E-state index contributed by atoms with van der Waals surface area (Å²) in [5.41, 5.74) is -0.703. The van der Waals surface area contributed by atoms with Crippen LogP contribution in [0.5, 0.6) is 0 Å². The summed E-state index contributed by atoms with van der Waals surface area (Å²) in [6.45, 7) is 3.19. The Hall–Kier alpha value is -1.50. The van der Waals surface area contributed by atoms with Crippen molar-refractivity contribution in [3.63, 3.8) is 0 Å². The molecule has 1 aromatic rings. The number of carboxylic acid groups (broad SMARTS) is 1. The Bertz CT molecular complexity index is 510. The lowest BCUT2D eigenvalue weighted by molar-refractivity contribution is -0.149. The lowest BCUT2D eigenvalue weighted by atomic mass is 9.86. The van der Waals surface area contributed by atoms with Gasteiger partial charge >= 0.3 is 5.97 Å². The summed E-state index contributed by atoms with van der Waals surface area (Å²) in [5, 5.41) is 21.6. The third-order valence-corrected chi connectivity index (χ3v) is 4.97. The van der Waals surface area contributed by atoms with Gasteiger partial charge in [-0.15, -0.1) is 5.10 Å². The Morgan fingerprint density at radius 1 is 1.48 bits per heavy atom. The Kier molecular flexibility index (Phi) is 3.93. The number of nitrogens with zero attached hydrogens (tertiary/aromatic N) is 4. The Labute approximate surface area is 123 Å². The molecule has 1 saturated carbocycles. The number of tetrazole rings is 1. The van der Waals surface area contributed by atoms with Crippen molar-refractivity contribution in [3.05, 3.63) is 5.82 Å². The molecule has 0 bridgehead atoms. The van der Waals surface area contributed by atoms with E-state index in [1.807, 2.05) is 0 Å². The number of aromatic nitrogens is 4. The van der Waals surface area contributed by atoms with Crippen LogP contribution in [0.2, 0.25) is 0 Å². The molecule has 0 radical (unpaired) electrons. The fourth-order valence-corrected chi connectivity index (χ4v) is 3.71. The van der Waals surface area contributed by atoms with Crippen molar-refractivity contribution < 1.29 is 14.6 Å². The van der Waals surface area contributed by atoms with Crippen LogP contribution in [0.15, 0.2) is 0 Å². The number of carboxylic acids is 1. The Morgan fingerprint density at radius 2 is 2.24 bits per heavy atom. The number of ether oxygens (including phenoxy) is 1. The zero-order chi connectivity index (χ0) is 14.9. The Morgan fingerprint density at radius 3 is 2.90 bits per heavy atom. The molecule has 7 nitrogen and oxygen atoms in total. The summed E-state index contributed by atoms with van der Waals surface area (Å²) in [4.78, 5) is 11.7. The van der Waals surface area contributed by atoms with E-state index in [4.69, 9.17) is 4.74 Å². The first kappa shape index (κ1) is 14.4. The van der Waals surface area contributed by atoms with E-state index in [9.17, 15) is 9.90 Å². The van der Waals surface area contributed by atoms with Crippen molar-refractivity contribution in [3.8, 4) is 0 Å². The van der Waals surface area contributed by atoms with Crippen LogP contribution in [0, 0.1) is 5.41 Å². The minimum Gasteiger partial charge on any atom is -0.481 e. The molecule has 1 N–H and O–H groups in total. The second-order valence-corrected chi connectivity index (χ2v) is 6.20. The highest BCUT2D eigenvalue weighted by atomic mass is 16.5. The van der Waals surface area contributed by atoms with Crippen molar-refractivity contribution in [1.82, 2.24) is 20.2 Å². The predicted octanol–water partition coefficient (Wildman–Crippen LogP) is 1.60. The molecule has 2 fully saturated rings. The second-order valence-electron chi connectivity index (χ2n) is 6.20. The fraction of sp³-hybridized carbons (Fsp3) is 0.857. The van der Waals surface area contributed by atoms with Gasteiger partial charge in [0.25, 0.3) is 0 Å². The van der Waals surface area contributed by atoms with Gasteiger partial charge in [0.1, 0.15) is 0 Å². The molecule has 2 aliphatic rings. The molecule has 21 heavy (non-hydrogen) atoms. The lowest BCUT2D eigenvalue weighted by Crippen LogP contribution is -2.34. The van der Waals surface area contributed by atoms with E-state index >= 15 is 0 Å². The van der Waals surface area contributed by atoms with E-state index in [0.717, 1.165) is 38.1 Å². The molecule has 1 aliphatic carbocycles. The Balaban J connectivity index is 1.84. The summed E-state index contributed by atoms with van der Waals surface area (Å²) in [7, 11) is 0. The highest BCUT2D eigenvalue weighted by Gasteiger charge is 2.43. The first-order chi connectivity index (χ1) is 10.2. The van der Waals surface area contributed by atoms with Crippen molar-refractivity contribution in [2.24, 2.45) is 5.41 Å². The molecule has 1 saturated heterocycles. The molecule has 116 valence electrons. The molecule has 2 atom stereocenters. The standard InChI is InChI=1S/C14H22N4O3/c1-2-11-10(5-8-21-11)12-15-16-17-18(12)9-14(13(19)20)6-3-4-7-14/h10-11H,2-9H2,1H3,(H,19,20). The van der Waals surface area contributed by atoms with E-state index in [2.05, 4.69) is 22.4 Å². The summed E-state index contributed by atoms with van der Waals surface area (Å²) >= 11 is 0. The van der Waals surface area contributed by atoms with Gasteiger partial charge in [0.05, 0.1) is 18.1 Å². The molecule has 2 heterocycles. The largest absolute Gasteiger partial charge is 0.481 e. The van der Waals surface area contributed by atoms with Crippen molar-refractivity contribution in [1.29, 1.82) is 0 Å². The van der Waals surface area contributed by atoms with Gasteiger partial charge < -0.3 is 9.84 Å². The van der Waals surface area contributed by atoms with Gasteiger partial charge in [-0.2, -0.15) is 0 Å². The normalized spacial score (nSPS) is 28.0. The van der Waals surface area contributed by atoms with Crippen molar-refractivity contribution in [2.75, 3.05) is 6.61 Å². The van der Waals surface area contributed by atoms with Crippen molar-refractivity contribution in [2.45, 2.75) is 64.0 Å². The van der Waals surface area contributed by atoms with Gasteiger partial charge in [-0.3, -0.25) is 4.79 Å². The van der Waals surface area contributed by atoms with E-state index in [1.165, 1.54) is 0 Å². The zero-order valence-electron chi connectivity index (χ0n) is 12.4. The highest BCUT2D eigenvalue weighted by Crippen LogP contribution is 2.41. The average Bonchev–Trinajstić information content (AvgIpc) is 3.18. The van der Waals surface area contributed by atoms with Gasteiger partial charge in [0.2, 0.25) is 0 Å². The highest BCUT2D eigenvalue weighted by molar-refractivity contribution is 5.74. The number of rotatable bonds is 5. The van der Waals surface area contributed by atoms with Crippen LogP contribution in [0.1, 0.15) is 57.2 Å². The number of hydrogen-bond acceptors (Lipinski definition) is 5. The number of hydrogen-bond donors (Lipinski definition) is 1. The van der Waals surface area contributed by atoms with E-state index in [-0.39, 0.29) is 12.0 Å². The smallest absolute Gasteiger partial charge is 0.311 e. The zero-order valence-corrected chi connectivity index (χ0v) is 12.4. The lowest BCUT2D eigenvalue weighted by Gasteiger charge is -2.25. The van der Waals surface area contributed by atoms with Gasteiger partial charge in [-0.25, -0.2) is 4.68 Å². The van der Waals surface area contributed by atoms with Crippen LogP contribution in [0.25, 0.3) is 0 Å². The third kappa shape index (κ3) is 2.54. The number of carbonyl (C=O) groups is 1. The molecule has 7 heteroatoms. The predicted molar refractivity (Wildman–Crippen MR) is 73.7 cm³/mol. The van der Waals surface area contributed by atoms with Crippen LogP contribution in [0.4, 0.5) is 0 Å². The number of aliphatic carboxylic acids is 1. The quantitative estimate of drug-likeness (QED) is 0.887. The molecule has 1 aliphatic heterocycles. The molecular weight excluding hydrogens is 272 g/mol. The van der Waals surface area contributed by atoms with Gasteiger partial charge in [0.15, 0.2) is 5.82 Å². The summed E-state index contributed by atoms with van der Waals surface area (Å²) in [5.74, 6) is 0.236. The summed E-state index contributed by atoms with van der Waals surface area (Å²) < 4.78 is 7.42. The summed E-state index contributed by atoms with van der Waals surface area (Å²) in [6, 6.07) is 0. The van der Waals surface area contributed by atoms with Crippen LogP contribution in [-0.2, 0) is 16.1 Å². The topological polar surface area (TPSA) is 90.1 Å². The van der Waals surface area contributed by atoms with E-state index < -0.39 is 11.4 Å². The molecule has 2 unspecified atom stereocenters. The molecule has 0 amide bonds. The first-order valence-electron chi connectivity index (χ1n) is 7.77. The molecule has 3 rings (SSSR count). The maximum Gasteiger partial charge on any atom is 0.311 e. The molecular formula is C14H22N4O3. The van der Waals surface area contributed by atoms with Crippen LogP contribution in [-0.4, -0.2) is 44.0 Å². The SMILES string of the molecule is CCC1OCCC1c1nnnn1CC1(C(=O)O)CCCC1. The molecule has 1 aromatic heterocycles. The van der Waals surface area contributed by atoms with Crippen LogP contribution < -0.4 is 0 Å². The third-order valence-electron chi connectivity index (χ3n) is 4.97. The second kappa shape index (κ2) is 5.71. The van der Waals surface area contributed by atoms with Crippen molar-refractivity contribution >= 4 is 5.97 Å². The van der Waals surface area contributed by atoms with Gasteiger partial charge in [-0.1, -0.05) is 19.8 Å². The van der Waals surface area contributed by atoms with Crippen LogP contribution in [0.3, 0.4) is 0 Å². The fourth-order valence-electron chi connectivity index (χ4n) is 3.71. The minimum atomic E-state index is -0.726. The first-order valence-corrected chi connectivity index (χ1v) is 7.77. The van der Waals surface area contributed by atoms with Gasteiger partial charge in [-0.05, 0) is 36.1 Å². The maximum absolute atomic E-state index is 11.7. The molecule has 0 aromatic carbocycles. The van der Waals surface area contributed by atoms with Crippen LogP contribution >= 0.6 is 0 Å². The molecule has 0 spiro atoms.